The van der Waals surface area contributed by atoms with Gasteiger partial charge in [-0.1, -0.05) is 0 Å². The monoisotopic (exact) mass is 396 g/mol. The number of carbonyl (C=O) groups is 1. The fourth-order valence-corrected chi connectivity index (χ4v) is 2.66. The third kappa shape index (κ3) is 6.28. The summed E-state index contributed by atoms with van der Waals surface area (Å²) in [6.07, 6.45) is 3.74. The number of hydrogen-bond donors (Lipinski definition) is 3. The molecule has 0 unspecified atom stereocenters. The molecule has 0 fully saturated rings. The summed E-state index contributed by atoms with van der Waals surface area (Å²) >= 11 is 0. The summed E-state index contributed by atoms with van der Waals surface area (Å²) in [6.45, 7) is 3.27. The molecule has 0 atom stereocenters. The minimum absolute atomic E-state index is 0.353. The maximum Gasteiger partial charge on any atom is 0.406 e. The van der Waals surface area contributed by atoms with Crippen LogP contribution in [0.3, 0.4) is 0 Å². The van der Waals surface area contributed by atoms with E-state index in [4.69, 9.17) is 4.74 Å². The Balaban J connectivity index is 1.66. The maximum absolute atomic E-state index is 11.0. The third-order valence-corrected chi connectivity index (χ3v) is 4.02. The number of nitrogens with zero attached hydrogens (tertiary/aromatic N) is 3. The van der Waals surface area contributed by atoms with E-state index in [1.165, 1.54) is 7.11 Å². The van der Waals surface area contributed by atoms with Gasteiger partial charge in [0, 0.05) is 37.3 Å². The highest BCUT2D eigenvalue weighted by atomic mass is 16.5. The standard InChI is InChI=1S/C20H24N6O3/c1-14-10-19(26-25-14)24-18-12-16(15-4-7-21-8-5-15)11-17(23-18)13-29-9-3-6-22-20(27)28-2/h4-5,7-8,10-12H,3,6,9,13H2,1-2H3,(H,22,27)(H2,23,24,25,26). The van der Waals surface area contributed by atoms with Gasteiger partial charge in [-0.3, -0.25) is 10.1 Å². The minimum atomic E-state index is -0.443. The fraction of sp³-hybridized carbons (Fsp3) is 0.300. The minimum Gasteiger partial charge on any atom is -0.453 e. The number of methoxy groups -OCH3 is 1. The number of aromatic nitrogens is 4. The van der Waals surface area contributed by atoms with Crippen LogP contribution in [0.2, 0.25) is 0 Å². The first kappa shape index (κ1) is 20.3. The first-order chi connectivity index (χ1) is 14.1. The van der Waals surface area contributed by atoms with Crippen LogP contribution in [0.1, 0.15) is 17.8 Å². The van der Waals surface area contributed by atoms with Crippen molar-refractivity contribution in [2.24, 2.45) is 0 Å². The van der Waals surface area contributed by atoms with Gasteiger partial charge in [-0.15, -0.1) is 0 Å². The molecule has 3 heterocycles. The van der Waals surface area contributed by atoms with E-state index in [2.05, 4.69) is 35.5 Å². The van der Waals surface area contributed by atoms with Gasteiger partial charge in [-0.05, 0) is 48.7 Å². The summed E-state index contributed by atoms with van der Waals surface area (Å²) in [5.41, 5.74) is 3.78. The van der Waals surface area contributed by atoms with Gasteiger partial charge in [-0.2, -0.15) is 5.10 Å². The van der Waals surface area contributed by atoms with Crippen LogP contribution in [0, 0.1) is 6.92 Å². The van der Waals surface area contributed by atoms with Crippen LogP contribution in [0.4, 0.5) is 16.4 Å². The molecule has 0 aromatic carbocycles. The summed E-state index contributed by atoms with van der Waals surface area (Å²) in [7, 11) is 1.34. The highest BCUT2D eigenvalue weighted by molar-refractivity contribution is 5.68. The predicted molar refractivity (Wildman–Crippen MR) is 109 cm³/mol. The van der Waals surface area contributed by atoms with Crippen molar-refractivity contribution in [2.75, 3.05) is 25.6 Å². The van der Waals surface area contributed by atoms with Gasteiger partial charge in [0.15, 0.2) is 5.82 Å². The molecule has 1 amide bonds. The SMILES string of the molecule is COC(=O)NCCCOCc1cc(-c2ccncc2)cc(Nc2cc(C)[nH]n2)n1. The van der Waals surface area contributed by atoms with Crippen molar-refractivity contribution in [3.05, 3.63) is 54.1 Å². The van der Waals surface area contributed by atoms with Crippen molar-refractivity contribution >= 4 is 17.7 Å². The van der Waals surface area contributed by atoms with Crippen molar-refractivity contribution in [1.29, 1.82) is 0 Å². The Bertz CT molecular complexity index is 929. The number of amides is 1. The highest BCUT2D eigenvalue weighted by Gasteiger charge is 2.08. The molecule has 3 rings (SSSR count). The van der Waals surface area contributed by atoms with E-state index in [0.29, 0.717) is 37.8 Å². The molecule has 0 bridgehead atoms. The van der Waals surface area contributed by atoms with Gasteiger partial charge in [0.05, 0.1) is 19.4 Å². The molecular formula is C20H24N6O3. The molecule has 0 aliphatic rings. The first-order valence-corrected chi connectivity index (χ1v) is 9.24. The summed E-state index contributed by atoms with van der Waals surface area (Å²) in [4.78, 5) is 19.7. The maximum atomic E-state index is 11.0. The Morgan fingerprint density at radius 1 is 1.14 bits per heavy atom. The number of aromatic amines is 1. The molecule has 0 saturated heterocycles. The van der Waals surface area contributed by atoms with Crippen LogP contribution in [-0.4, -0.2) is 46.5 Å². The number of alkyl carbamates (subject to hydrolysis) is 1. The van der Waals surface area contributed by atoms with E-state index in [1.807, 2.05) is 37.3 Å². The summed E-state index contributed by atoms with van der Waals surface area (Å²) < 4.78 is 10.2. The topological polar surface area (TPSA) is 114 Å². The smallest absolute Gasteiger partial charge is 0.406 e. The number of ether oxygens (including phenoxy) is 2. The lowest BCUT2D eigenvalue weighted by Crippen LogP contribution is -2.24. The number of anilines is 2. The van der Waals surface area contributed by atoms with Crippen molar-refractivity contribution < 1.29 is 14.3 Å². The molecule has 3 aromatic rings. The lowest BCUT2D eigenvalue weighted by atomic mass is 10.1. The Morgan fingerprint density at radius 2 is 1.97 bits per heavy atom. The number of nitrogens with one attached hydrogen (secondary N) is 3. The van der Waals surface area contributed by atoms with E-state index in [9.17, 15) is 4.79 Å². The molecule has 0 spiro atoms. The van der Waals surface area contributed by atoms with Crippen LogP contribution >= 0.6 is 0 Å². The molecular weight excluding hydrogens is 372 g/mol. The molecule has 9 heteroatoms. The molecule has 0 radical (unpaired) electrons. The zero-order valence-electron chi connectivity index (χ0n) is 16.4. The zero-order chi connectivity index (χ0) is 20.5. The normalized spacial score (nSPS) is 10.6. The number of hydrogen-bond acceptors (Lipinski definition) is 7. The van der Waals surface area contributed by atoms with Gasteiger partial charge in [0.25, 0.3) is 0 Å². The van der Waals surface area contributed by atoms with Gasteiger partial charge >= 0.3 is 6.09 Å². The molecule has 3 aromatic heterocycles. The van der Waals surface area contributed by atoms with Crippen molar-refractivity contribution in [3.8, 4) is 11.1 Å². The Morgan fingerprint density at radius 3 is 2.69 bits per heavy atom. The van der Waals surface area contributed by atoms with E-state index in [-0.39, 0.29) is 0 Å². The first-order valence-electron chi connectivity index (χ1n) is 9.24. The Kier molecular flexibility index (Phi) is 7.12. The van der Waals surface area contributed by atoms with E-state index in [0.717, 1.165) is 22.5 Å². The van der Waals surface area contributed by atoms with Gasteiger partial charge in [0.1, 0.15) is 5.82 Å². The molecule has 0 aliphatic carbocycles. The summed E-state index contributed by atoms with van der Waals surface area (Å²) in [5, 5.41) is 12.9. The highest BCUT2D eigenvalue weighted by Crippen LogP contribution is 2.24. The molecule has 0 saturated carbocycles. The predicted octanol–water partition coefficient (Wildman–Crippen LogP) is 3.18. The van der Waals surface area contributed by atoms with E-state index < -0.39 is 6.09 Å². The fourth-order valence-electron chi connectivity index (χ4n) is 2.66. The van der Waals surface area contributed by atoms with Gasteiger partial charge in [0.2, 0.25) is 0 Å². The largest absolute Gasteiger partial charge is 0.453 e. The average Bonchev–Trinajstić information content (AvgIpc) is 3.15. The molecule has 9 nitrogen and oxygen atoms in total. The van der Waals surface area contributed by atoms with Crippen molar-refractivity contribution in [2.45, 2.75) is 20.0 Å². The number of carbonyl (C=O) groups excluding carboxylic acids is 1. The van der Waals surface area contributed by atoms with Crippen molar-refractivity contribution in [3.63, 3.8) is 0 Å². The number of pyridine rings is 2. The van der Waals surface area contributed by atoms with Gasteiger partial charge in [-0.25, -0.2) is 9.78 Å². The number of aryl methyl sites for hydroxylation is 1. The molecule has 152 valence electrons. The van der Waals surface area contributed by atoms with Crippen LogP contribution in [0.5, 0.6) is 0 Å². The zero-order valence-corrected chi connectivity index (χ0v) is 16.4. The third-order valence-electron chi connectivity index (χ3n) is 4.02. The summed E-state index contributed by atoms with van der Waals surface area (Å²) in [6, 6.07) is 9.75. The number of H-pyrrole nitrogens is 1. The van der Waals surface area contributed by atoms with Crippen LogP contribution in [0.25, 0.3) is 11.1 Å². The average molecular weight is 396 g/mol. The second kappa shape index (κ2) is 10.2. The van der Waals surface area contributed by atoms with Crippen LogP contribution in [-0.2, 0) is 16.1 Å². The second-order valence-corrected chi connectivity index (χ2v) is 6.35. The van der Waals surface area contributed by atoms with E-state index >= 15 is 0 Å². The van der Waals surface area contributed by atoms with Crippen LogP contribution < -0.4 is 10.6 Å². The quantitative estimate of drug-likeness (QED) is 0.476. The lowest BCUT2D eigenvalue weighted by molar-refractivity contribution is 0.115. The Labute approximate surface area is 168 Å². The molecule has 29 heavy (non-hydrogen) atoms. The second-order valence-electron chi connectivity index (χ2n) is 6.35. The van der Waals surface area contributed by atoms with Crippen molar-refractivity contribution in [1.82, 2.24) is 25.5 Å². The number of rotatable bonds is 9. The van der Waals surface area contributed by atoms with Crippen LogP contribution in [0.15, 0.2) is 42.7 Å². The molecule has 3 N–H and O–H groups in total. The summed E-state index contributed by atoms with van der Waals surface area (Å²) in [5.74, 6) is 1.37. The van der Waals surface area contributed by atoms with Gasteiger partial charge < -0.3 is 20.1 Å². The molecule has 0 aliphatic heterocycles. The Hall–Kier alpha value is -3.46. The van der Waals surface area contributed by atoms with E-state index in [1.54, 1.807) is 12.4 Å². The lowest BCUT2D eigenvalue weighted by Gasteiger charge is -2.11.